The quantitative estimate of drug-likeness (QED) is 0.283. The predicted molar refractivity (Wildman–Crippen MR) is 135 cm³/mol. The zero-order chi connectivity index (χ0) is 23.9. The van der Waals surface area contributed by atoms with Gasteiger partial charge in [-0.15, -0.1) is 11.3 Å². The van der Waals surface area contributed by atoms with Crippen LogP contribution in [-0.4, -0.2) is 35.8 Å². The fraction of sp³-hybridized carbons (Fsp3) is 0.269. The second-order valence-corrected chi connectivity index (χ2v) is 8.48. The number of aryl methyl sites for hydroxylation is 1. The summed E-state index contributed by atoms with van der Waals surface area (Å²) in [5.74, 6) is 1.62. The Balaban J connectivity index is 1.54. The molecule has 8 heteroatoms. The van der Waals surface area contributed by atoms with Crippen LogP contribution in [0.5, 0.6) is 11.5 Å². The smallest absolute Gasteiger partial charge is 0.348 e. The Kier molecular flexibility index (Phi) is 7.59. The Morgan fingerprint density at radius 1 is 1.00 bits per heavy atom. The molecule has 0 radical (unpaired) electrons. The van der Waals surface area contributed by atoms with Crippen molar-refractivity contribution in [2.75, 3.05) is 25.1 Å². The highest BCUT2D eigenvalue weighted by Crippen LogP contribution is 2.36. The zero-order valence-electron chi connectivity index (χ0n) is 19.5. The molecular weight excluding hydrogens is 450 g/mol. The van der Waals surface area contributed by atoms with Crippen molar-refractivity contribution in [2.45, 2.75) is 27.2 Å². The first-order chi connectivity index (χ1) is 16.6. The van der Waals surface area contributed by atoms with Crippen LogP contribution in [0.1, 0.15) is 34.6 Å². The van der Waals surface area contributed by atoms with Crippen LogP contribution in [0.3, 0.4) is 0 Å². The van der Waals surface area contributed by atoms with Crippen LogP contribution in [-0.2, 0) is 11.2 Å². The van der Waals surface area contributed by atoms with Crippen LogP contribution < -0.4 is 14.8 Å². The minimum atomic E-state index is -0.345. The molecule has 0 saturated heterocycles. The number of ether oxygens (including phenoxy) is 3. The average molecular weight is 478 g/mol. The van der Waals surface area contributed by atoms with Crippen LogP contribution in [0.2, 0.25) is 0 Å². The van der Waals surface area contributed by atoms with Crippen molar-refractivity contribution in [3.8, 4) is 11.5 Å². The summed E-state index contributed by atoms with van der Waals surface area (Å²) in [5, 5.41) is 4.14. The molecule has 0 aliphatic rings. The van der Waals surface area contributed by atoms with Crippen molar-refractivity contribution in [1.29, 1.82) is 0 Å². The molecule has 7 nitrogen and oxygen atoms in total. The van der Waals surface area contributed by atoms with E-state index in [4.69, 9.17) is 14.2 Å². The lowest BCUT2D eigenvalue weighted by atomic mass is 10.2. The third-order valence-electron chi connectivity index (χ3n) is 5.19. The number of hydrogen-bond acceptors (Lipinski definition) is 8. The molecule has 2 aromatic carbocycles. The fourth-order valence-electron chi connectivity index (χ4n) is 3.60. The minimum absolute atomic E-state index is 0.319. The van der Waals surface area contributed by atoms with E-state index in [0.29, 0.717) is 48.4 Å². The van der Waals surface area contributed by atoms with Gasteiger partial charge >= 0.3 is 5.97 Å². The molecule has 176 valence electrons. The van der Waals surface area contributed by atoms with Crippen molar-refractivity contribution in [3.63, 3.8) is 0 Å². The molecule has 4 aromatic rings. The van der Waals surface area contributed by atoms with E-state index in [2.05, 4.69) is 15.3 Å². The van der Waals surface area contributed by atoms with E-state index in [0.717, 1.165) is 27.0 Å². The zero-order valence-corrected chi connectivity index (χ0v) is 20.3. The van der Waals surface area contributed by atoms with Gasteiger partial charge in [-0.25, -0.2) is 14.8 Å². The van der Waals surface area contributed by atoms with Crippen molar-refractivity contribution >= 4 is 39.0 Å². The number of esters is 1. The average Bonchev–Trinajstić information content (AvgIpc) is 3.19. The van der Waals surface area contributed by atoms with Crippen molar-refractivity contribution in [2.24, 2.45) is 0 Å². The number of fused-ring (bicyclic) bond motifs is 1. The Labute approximate surface area is 202 Å². The summed E-state index contributed by atoms with van der Waals surface area (Å²) < 4.78 is 16.9. The van der Waals surface area contributed by atoms with Gasteiger partial charge in [0.05, 0.1) is 25.2 Å². The Morgan fingerprint density at radius 2 is 1.76 bits per heavy atom. The highest BCUT2D eigenvalue weighted by Gasteiger charge is 2.21. The van der Waals surface area contributed by atoms with Gasteiger partial charge in [-0.3, -0.25) is 0 Å². The van der Waals surface area contributed by atoms with Crippen molar-refractivity contribution in [3.05, 3.63) is 70.9 Å². The molecular formula is C26H27N3O4S. The Bertz CT molecular complexity index is 1270. The number of rotatable bonds is 10. The maximum Gasteiger partial charge on any atom is 0.348 e. The number of carbonyl (C=O) groups is 1. The van der Waals surface area contributed by atoms with E-state index < -0.39 is 0 Å². The number of carbonyl (C=O) groups excluding carboxylic acids is 1. The first-order valence-electron chi connectivity index (χ1n) is 11.2. The summed E-state index contributed by atoms with van der Waals surface area (Å²) in [4.78, 5) is 22.9. The summed E-state index contributed by atoms with van der Waals surface area (Å²) in [6.45, 7) is 7.16. The largest absolute Gasteiger partial charge is 0.490 e. The maximum atomic E-state index is 12.8. The topological polar surface area (TPSA) is 82.6 Å². The van der Waals surface area contributed by atoms with Gasteiger partial charge in [0.1, 0.15) is 21.9 Å². The molecule has 1 N–H and O–H groups in total. The molecule has 0 aliphatic heterocycles. The van der Waals surface area contributed by atoms with Crippen LogP contribution in [0.15, 0.2) is 54.9 Å². The maximum absolute atomic E-state index is 12.8. The van der Waals surface area contributed by atoms with Gasteiger partial charge < -0.3 is 19.5 Å². The summed E-state index contributed by atoms with van der Waals surface area (Å²) >= 11 is 1.31. The van der Waals surface area contributed by atoms with Gasteiger partial charge in [0.25, 0.3) is 0 Å². The van der Waals surface area contributed by atoms with Crippen LogP contribution in [0, 0.1) is 6.92 Å². The third kappa shape index (κ3) is 5.28. The van der Waals surface area contributed by atoms with Gasteiger partial charge in [-0.1, -0.05) is 30.3 Å². The molecule has 4 rings (SSSR count). The molecule has 0 bridgehead atoms. The lowest BCUT2D eigenvalue weighted by molar-refractivity contribution is 0.0514. The van der Waals surface area contributed by atoms with Crippen LogP contribution in [0.25, 0.3) is 10.2 Å². The molecule has 0 spiro atoms. The summed E-state index contributed by atoms with van der Waals surface area (Å²) in [5.41, 5.74) is 2.72. The first kappa shape index (κ1) is 23.5. The molecule has 0 unspecified atom stereocenters. The summed E-state index contributed by atoms with van der Waals surface area (Å²) in [6.07, 6.45) is 2.16. The molecule has 0 fully saturated rings. The van der Waals surface area contributed by atoms with Crippen LogP contribution >= 0.6 is 11.3 Å². The fourth-order valence-corrected chi connectivity index (χ4v) is 4.64. The number of anilines is 2. The third-order valence-corrected chi connectivity index (χ3v) is 6.36. The molecule has 0 amide bonds. The van der Waals surface area contributed by atoms with E-state index >= 15 is 0 Å². The van der Waals surface area contributed by atoms with Crippen molar-refractivity contribution in [1.82, 2.24) is 9.97 Å². The van der Waals surface area contributed by atoms with Crippen molar-refractivity contribution < 1.29 is 19.0 Å². The van der Waals surface area contributed by atoms with Gasteiger partial charge in [-0.2, -0.15) is 0 Å². The van der Waals surface area contributed by atoms with E-state index in [-0.39, 0.29) is 5.97 Å². The molecule has 34 heavy (non-hydrogen) atoms. The summed E-state index contributed by atoms with van der Waals surface area (Å²) in [7, 11) is 0. The monoisotopic (exact) mass is 477 g/mol. The number of benzene rings is 2. The Morgan fingerprint density at radius 3 is 2.53 bits per heavy atom. The van der Waals surface area contributed by atoms with E-state index in [9.17, 15) is 4.79 Å². The lowest BCUT2D eigenvalue weighted by Crippen LogP contribution is -2.07. The first-order valence-corrected chi connectivity index (χ1v) is 12.0. The van der Waals surface area contributed by atoms with E-state index in [1.807, 2.05) is 69.3 Å². The number of aromatic nitrogens is 2. The standard InChI is InChI=1S/C26H27N3O4S/c1-4-31-20-12-11-19(15-21(20)32-5-2)29-24-22-17(3)23(34-25(22)28-16-27-24)26(30)33-14-13-18-9-7-6-8-10-18/h6-12,15-16H,4-5,13-14H2,1-3H3,(H,27,28,29). The van der Waals surface area contributed by atoms with E-state index in [1.54, 1.807) is 0 Å². The number of hydrogen-bond donors (Lipinski definition) is 1. The number of thiophene rings is 1. The molecule has 0 saturated carbocycles. The van der Waals surface area contributed by atoms with Crippen LogP contribution in [0.4, 0.5) is 11.5 Å². The Hall–Kier alpha value is -3.65. The highest BCUT2D eigenvalue weighted by molar-refractivity contribution is 7.20. The highest BCUT2D eigenvalue weighted by atomic mass is 32.1. The van der Waals surface area contributed by atoms with Gasteiger partial charge in [0.2, 0.25) is 0 Å². The molecule has 0 aliphatic carbocycles. The predicted octanol–water partition coefficient (Wildman–Crippen LogP) is 5.94. The number of nitrogens with zero attached hydrogens (tertiary/aromatic N) is 2. The number of nitrogens with one attached hydrogen (secondary N) is 1. The van der Waals surface area contributed by atoms with Gasteiger partial charge in [0.15, 0.2) is 11.5 Å². The normalized spacial score (nSPS) is 10.8. The molecule has 2 heterocycles. The van der Waals surface area contributed by atoms with Gasteiger partial charge in [0, 0.05) is 18.2 Å². The molecule has 2 aromatic heterocycles. The van der Waals surface area contributed by atoms with E-state index in [1.165, 1.54) is 17.7 Å². The summed E-state index contributed by atoms with van der Waals surface area (Å²) in [6, 6.07) is 15.6. The van der Waals surface area contributed by atoms with Gasteiger partial charge in [-0.05, 0) is 44.0 Å². The second-order valence-electron chi connectivity index (χ2n) is 7.48. The second kappa shape index (κ2) is 11.0. The lowest BCUT2D eigenvalue weighted by Gasteiger charge is -2.13. The minimum Gasteiger partial charge on any atom is -0.490 e. The SMILES string of the molecule is CCOc1ccc(Nc2ncnc3sc(C(=O)OCCc4ccccc4)c(C)c23)cc1OCC. The molecule has 0 atom stereocenters.